The standard InChI is InChI=1S/C16H18N2O/c1-11-5-14(6-12(2)16(11)10-19)15-7-17-18(9-15)8-13-3-4-13/h5-7,9-10,13H,3-4,8H2,1-2H3. The molecule has 1 aliphatic rings. The molecular weight excluding hydrogens is 236 g/mol. The highest BCUT2D eigenvalue weighted by Gasteiger charge is 2.22. The molecule has 2 aromatic rings. The maximum absolute atomic E-state index is 11.0. The lowest BCUT2D eigenvalue weighted by Gasteiger charge is -2.06. The van der Waals surface area contributed by atoms with Crippen molar-refractivity contribution in [3.63, 3.8) is 0 Å². The van der Waals surface area contributed by atoms with E-state index in [0.717, 1.165) is 46.6 Å². The quantitative estimate of drug-likeness (QED) is 0.784. The molecule has 1 heterocycles. The van der Waals surface area contributed by atoms with Crippen molar-refractivity contribution in [2.75, 3.05) is 0 Å². The zero-order valence-electron chi connectivity index (χ0n) is 11.4. The van der Waals surface area contributed by atoms with Crippen LogP contribution >= 0.6 is 0 Å². The number of aryl methyl sites for hydroxylation is 2. The fraction of sp³-hybridized carbons (Fsp3) is 0.375. The number of aldehydes is 1. The second-order valence-corrected chi connectivity index (χ2v) is 5.54. The molecule has 0 aliphatic heterocycles. The summed E-state index contributed by atoms with van der Waals surface area (Å²) in [7, 11) is 0. The molecule has 3 nitrogen and oxygen atoms in total. The van der Waals surface area contributed by atoms with E-state index in [2.05, 4.69) is 23.4 Å². The van der Waals surface area contributed by atoms with Crippen LogP contribution in [0.4, 0.5) is 0 Å². The highest BCUT2D eigenvalue weighted by atomic mass is 16.1. The molecule has 1 aliphatic carbocycles. The third-order valence-electron chi connectivity index (χ3n) is 3.82. The van der Waals surface area contributed by atoms with E-state index < -0.39 is 0 Å². The molecule has 0 amide bonds. The molecule has 0 saturated heterocycles. The Kier molecular flexibility index (Phi) is 2.97. The molecule has 98 valence electrons. The molecule has 1 saturated carbocycles. The molecule has 1 fully saturated rings. The Morgan fingerprint density at radius 2 is 1.95 bits per heavy atom. The van der Waals surface area contributed by atoms with E-state index in [-0.39, 0.29) is 0 Å². The lowest BCUT2D eigenvalue weighted by atomic mass is 9.98. The number of benzene rings is 1. The Morgan fingerprint density at radius 3 is 2.53 bits per heavy atom. The minimum atomic E-state index is 0.800. The van der Waals surface area contributed by atoms with Crippen LogP contribution in [0.2, 0.25) is 0 Å². The summed E-state index contributed by atoms with van der Waals surface area (Å²) >= 11 is 0. The third-order valence-corrected chi connectivity index (χ3v) is 3.82. The second-order valence-electron chi connectivity index (χ2n) is 5.54. The van der Waals surface area contributed by atoms with Gasteiger partial charge in [0.15, 0.2) is 6.29 Å². The summed E-state index contributed by atoms with van der Waals surface area (Å²) in [6, 6.07) is 4.13. The lowest BCUT2D eigenvalue weighted by molar-refractivity contribution is 0.112. The summed E-state index contributed by atoms with van der Waals surface area (Å²) in [6.45, 7) is 4.99. The van der Waals surface area contributed by atoms with Crippen molar-refractivity contribution in [1.82, 2.24) is 9.78 Å². The van der Waals surface area contributed by atoms with Crippen LogP contribution in [-0.4, -0.2) is 16.1 Å². The predicted molar refractivity (Wildman–Crippen MR) is 75.2 cm³/mol. The zero-order chi connectivity index (χ0) is 13.4. The van der Waals surface area contributed by atoms with Crippen LogP contribution in [0.5, 0.6) is 0 Å². The first-order chi connectivity index (χ1) is 9.17. The van der Waals surface area contributed by atoms with Crippen LogP contribution in [0.25, 0.3) is 11.1 Å². The number of nitrogens with zero attached hydrogens (tertiary/aromatic N) is 2. The van der Waals surface area contributed by atoms with Crippen molar-refractivity contribution < 1.29 is 4.79 Å². The Balaban J connectivity index is 1.92. The molecule has 0 spiro atoms. The van der Waals surface area contributed by atoms with Crippen molar-refractivity contribution >= 4 is 6.29 Å². The fourth-order valence-electron chi connectivity index (χ4n) is 2.50. The van der Waals surface area contributed by atoms with E-state index in [4.69, 9.17) is 0 Å². The van der Waals surface area contributed by atoms with Gasteiger partial charge in [0.25, 0.3) is 0 Å². The summed E-state index contributed by atoms with van der Waals surface area (Å²) in [5.41, 5.74) is 5.13. The van der Waals surface area contributed by atoms with Crippen molar-refractivity contribution in [1.29, 1.82) is 0 Å². The van der Waals surface area contributed by atoms with E-state index in [9.17, 15) is 4.79 Å². The normalized spacial score (nSPS) is 14.6. The lowest BCUT2D eigenvalue weighted by Crippen LogP contribution is -1.99. The molecule has 1 aromatic heterocycles. The van der Waals surface area contributed by atoms with E-state index in [1.54, 1.807) is 0 Å². The number of hydrogen-bond acceptors (Lipinski definition) is 2. The van der Waals surface area contributed by atoms with Gasteiger partial charge >= 0.3 is 0 Å². The average Bonchev–Trinajstić information content (AvgIpc) is 3.04. The summed E-state index contributed by atoms with van der Waals surface area (Å²) < 4.78 is 2.03. The van der Waals surface area contributed by atoms with Crippen molar-refractivity contribution in [3.05, 3.63) is 41.2 Å². The van der Waals surface area contributed by atoms with Gasteiger partial charge in [0, 0.05) is 23.9 Å². The molecule has 0 unspecified atom stereocenters. The number of carbonyl (C=O) groups excluding carboxylic acids is 1. The molecule has 0 bridgehead atoms. The van der Waals surface area contributed by atoms with Crippen LogP contribution in [0.15, 0.2) is 24.5 Å². The molecule has 3 heteroatoms. The zero-order valence-corrected chi connectivity index (χ0v) is 11.4. The summed E-state index contributed by atoms with van der Waals surface area (Å²) in [5.74, 6) is 0.827. The van der Waals surface area contributed by atoms with Crippen LogP contribution < -0.4 is 0 Å². The second kappa shape index (κ2) is 4.65. The number of rotatable bonds is 4. The first-order valence-corrected chi connectivity index (χ1v) is 6.76. The molecule has 0 atom stereocenters. The molecule has 0 N–H and O–H groups in total. The Morgan fingerprint density at radius 1 is 1.26 bits per heavy atom. The molecule has 3 rings (SSSR count). The Labute approximate surface area is 113 Å². The summed E-state index contributed by atoms with van der Waals surface area (Å²) in [6.07, 6.45) is 7.62. The van der Waals surface area contributed by atoms with E-state index in [0.29, 0.717) is 0 Å². The van der Waals surface area contributed by atoms with Crippen molar-refractivity contribution in [3.8, 4) is 11.1 Å². The van der Waals surface area contributed by atoms with E-state index in [1.165, 1.54) is 12.8 Å². The number of hydrogen-bond donors (Lipinski definition) is 0. The number of carbonyl (C=O) groups is 1. The minimum absolute atomic E-state index is 0.800. The van der Waals surface area contributed by atoms with Gasteiger partial charge in [-0.1, -0.05) is 12.1 Å². The van der Waals surface area contributed by atoms with Crippen LogP contribution in [0.1, 0.15) is 34.3 Å². The molecule has 19 heavy (non-hydrogen) atoms. The SMILES string of the molecule is Cc1cc(-c2cnn(CC3CC3)c2)cc(C)c1C=O. The minimum Gasteiger partial charge on any atom is -0.298 e. The smallest absolute Gasteiger partial charge is 0.150 e. The molecule has 1 aromatic carbocycles. The maximum Gasteiger partial charge on any atom is 0.150 e. The summed E-state index contributed by atoms with van der Waals surface area (Å²) in [4.78, 5) is 11.0. The summed E-state index contributed by atoms with van der Waals surface area (Å²) in [5, 5.41) is 4.42. The van der Waals surface area contributed by atoms with Gasteiger partial charge < -0.3 is 0 Å². The Bertz CT molecular complexity index is 600. The van der Waals surface area contributed by atoms with Gasteiger partial charge in [-0.3, -0.25) is 9.48 Å². The maximum atomic E-state index is 11.0. The molecule has 0 radical (unpaired) electrons. The first-order valence-electron chi connectivity index (χ1n) is 6.76. The van der Waals surface area contributed by atoms with Gasteiger partial charge in [-0.15, -0.1) is 0 Å². The van der Waals surface area contributed by atoms with Crippen LogP contribution in [-0.2, 0) is 6.54 Å². The topological polar surface area (TPSA) is 34.9 Å². The van der Waals surface area contributed by atoms with Gasteiger partial charge in [0.05, 0.1) is 6.20 Å². The first kappa shape index (κ1) is 12.2. The van der Waals surface area contributed by atoms with Crippen molar-refractivity contribution in [2.24, 2.45) is 5.92 Å². The van der Waals surface area contributed by atoms with Crippen LogP contribution in [0, 0.1) is 19.8 Å². The predicted octanol–water partition coefficient (Wildman–Crippen LogP) is 3.39. The highest BCUT2D eigenvalue weighted by Crippen LogP contribution is 2.31. The number of aromatic nitrogens is 2. The fourth-order valence-corrected chi connectivity index (χ4v) is 2.50. The van der Waals surface area contributed by atoms with E-state index in [1.807, 2.05) is 24.7 Å². The average molecular weight is 254 g/mol. The van der Waals surface area contributed by atoms with Gasteiger partial charge in [-0.05, 0) is 49.3 Å². The van der Waals surface area contributed by atoms with Crippen molar-refractivity contribution in [2.45, 2.75) is 33.2 Å². The largest absolute Gasteiger partial charge is 0.298 e. The third kappa shape index (κ3) is 2.46. The van der Waals surface area contributed by atoms with Gasteiger partial charge in [-0.2, -0.15) is 5.10 Å². The van der Waals surface area contributed by atoms with Gasteiger partial charge in [0.2, 0.25) is 0 Å². The van der Waals surface area contributed by atoms with Crippen LogP contribution in [0.3, 0.4) is 0 Å². The molecular formula is C16H18N2O. The van der Waals surface area contributed by atoms with E-state index >= 15 is 0 Å². The Hall–Kier alpha value is -1.90. The van der Waals surface area contributed by atoms with Gasteiger partial charge in [-0.25, -0.2) is 0 Å². The van der Waals surface area contributed by atoms with Gasteiger partial charge in [0.1, 0.15) is 0 Å². The monoisotopic (exact) mass is 254 g/mol. The highest BCUT2D eigenvalue weighted by molar-refractivity contribution is 5.82.